The fraction of sp³-hybridized carbons (Fsp3) is 0.400. The molecule has 2 heterocycles. The van der Waals surface area contributed by atoms with E-state index >= 15 is 0 Å². The Morgan fingerprint density at radius 3 is 2.68 bits per heavy atom. The van der Waals surface area contributed by atoms with Crippen LogP contribution >= 0.6 is 34.7 Å². The highest BCUT2D eigenvalue weighted by Crippen LogP contribution is 2.37. The SMILES string of the molecule is CC(C)N1CCc2c(sc(NC(=O)CCSc3ccc(Cl)cc3)c2C(N)=O)C1. The van der Waals surface area contributed by atoms with Crippen molar-refractivity contribution in [3.63, 3.8) is 0 Å². The number of thioether (sulfide) groups is 1. The molecule has 0 spiro atoms. The lowest BCUT2D eigenvalue weighted by molar-refractivity contribution is -0.115. The molecule has 0 bridgehead atoms. The van der Waals surface area contributed by atoms with Crippen LogP contribution in [0.5, 0.6) is 0 Å². The van der Waals surface area contributed by atoms with Crippen molar-refractivity contribution in [1.29, 1.82) is 0 Å². The van der Waals surface area contributed by atoms with Crippen molar-refractivity contribution in [2.75, 3.05) is 17.6 Å². The minimum absolute atomic E-state index is 0.108. The molecule has 0 saturated heterocycles. The van der Waals surface area contributed by atoms with E-state index in [1.54, 1.807) is 11.8 Å². The summed E-state index contributed by atoms with van der Waals surface area (Å²) in [7, 11) is 0. The van der Waals surface area contributed by atoms with Gasteiger partial charge in [-0.25, -0.2) is 0 Å². The zero-order valence-electron chi connectivity index (χ0n) is 16.0. The summed E-state index contributed by atoms with van der Waals surface area (Å²) in [6.07, 6.45) is 1.14. The van der Waals surface area contributed by atoms with Gasteiger partial charge in [-0.05, 0) is 50.1 Å². The molecule has 1 aliphatic rings. The number of amides is 2. The lowest BCUT2D eigenvalue weighted by Gasteiger charge is -2.30. The van der Waals surface area contributed by atoms with Crippen LogP contribution in [0.15, 0.2) is 29.2 Å². The Bertz CT molecular complexity index is 865. The Balaban J connectivity index is 1.63. The first-order valence-corrected chi connectivity index (χ1v) is 11.4. The van der Waals surface area contributed by atoms with Crippen LogP contribution in [-0.2, 0) is 17.8 Å². The number of primary amides is 1. The van der Waals surface area contributed by atoms with Crippen LogP contribution in [0.25, 0.3) is 0 Å². The highest BCUT2D eigenvalue weighted by atomic mass is 35.5. The maximum atomic E-state index is 12.4. The van der Waals surface area contributed by atoms with Crippen molar-refractivity contribution in [1.82, 2.24) is 4.90 Å². The molecule has 2 aromatic rings. The smallest absolute Gasteiger partial charge is 0.251 e. The lowest BCUT2D eigenvalue weighted by Crippen LogP contribution is -2.35. The molecule has 1 aromatic heterocycles. The lowest BCUT2D eigenvalue weighted by atomic mass is 10.0. The van der Waals surface area contributed by atoms with Crippen molar-refractivity contribution in [2.45, 2.75) is 44.2 Å². The van der Waals surface area contributed by atoms with Gasteiger partial charge in [-0.3, -0.25) is 14.5 Å². The predicted octanol–water partition coefficient (Wildman–Crippen LogP) is 4.39. The van der Waals surface area contributed by atoms with Crippen molar-refractivity contribution in [3.05, 3.63) is 45.3 Å². The summed E-state index contributed by atoms with van der Waals surface area (Å²) in [4.78, 5) is 29.0. The predicted molar refractivity (Wildman–Crippen MR) is 118 cm³/mol. The van der Waals surface area contributed by atoms with Crippen LogP contribution in [-0.4, -0.2) is 35.1 Å². The maximum Gasteiger partial charge on any atom is 0.251 e. The molecule has 8 heteroatoms. The number of anilines is 1. The van der Waals surface area contributed by atoms with Gasteiger partial charge in [-0.1, -0.05) is 11.6 Å². The molecule has 0 aliphatic carbocycles. The van der Waals surface area contributed by atoms with Gasteiger partial charge in [0.25, 0.3) is 5.91 Å². The van der Waals surface area contributed by atoms with Gasteiger partial charge >= 0.3 is 0 Å². The first-order valence-electron chi connectivity index (χ1n) is 9.21. The quantitative estimate of drug-likeness (QED) is 0.630. The minimum Gasteiger partial charge on any atom is -0.365 e. The summed E-state index contributed by atoms with van der Waals surface area (Å²) in [6.45, 7) is 6.01. The second-order valence-corrected chi connectivity index (χ2v) is 9.70. The summed E-state index contributed by atoms with van der Waals surface area (Å²) in [5.74, 6) is 0.0654. The Hall–Kier alpha value is -1.54. The molecule has 3 N–H and O–H groups in total. The van der Waals surface area contributed by atoms with E-state index in [0.29, 0.717) is 33.8 Å². The minimum atomic E-state index is -0.471. The topological polar surface area (TPSA) is 75.4 Å². The molecule has 3 rings (SSSR count). The number of halogens is 1. The molecule has 28 heavy (non-hydrogen) atoms. The average molecular weight is 438 g/mol. The molecule has 5 nitrogen and oxygen atoms in total. The molecule has 0 radical (unpaired) electrons. The molecule has 0 unspecified atom stereocenters. The first kappa shape index (κ1) is 21.2. The van der Waals surface area contributed by atoms with Crippen LogP contribution in [0.1, 0.15) is 41.1 Å². The van der Waals surface area contributed by atoms with Gasteiger partial charge in [0.2, 0.25) is 5.91 Å². The van der Waals surface area contributed by atoms with E-state index in [4.69, 9.17) is 17.3 Å². The number of carbonyl (C=O) groups excluding carboxylic acids is 2. The molecule has 0 atom stereocenters. The maximum absolute atomic E-state index is 12.4. The van der Waals surface area contributed by atoms with Crippen molar-refractivity contribution >= 4 is 51.5 Å². The van der Waals surface area contributed by atoms with E-state index in [2.05, 4.69) is 24.1 Å². The van der Waals surface area contributed by atoms with Crippen molar-refractivity contribution < 1.29 is 9.59 Å². The van der Waals surface area contributed by atoms with Crippen molar-refractivity contribution in [3.8, 4) is 0 Å². The Kier molecular flexibility index (Phi) is 7.04. The Labute approximate surface area is 178 Å². The van der Waals surface area contributed by atoms with Crippen molar-refractivity contribution in [2.24, 2.45) is 5.73 Å². The largest absolute Gasteiger partial charge is 0.365 e. The average Bonchev–Trinajstić information content (AvgIpc) is 3.00. The summed E-state index contributed by atoms with van der Waals surface area (Å²) in [6, 6.07) is 7.97. The van der Waals surface area contributed by atoms with Gasteiger partial charge in [0.05, 0.1) is 5.56 Å². The molecule has 1 aromatic carbocycles. The van der Waals surface area contributed by atoms with Crippen LogP contribution in [0, 0.1) is 0 Å². The van der Waals surface area contributed by atoms with E-state index in [0.717, 1.165) is 34.8 Å². The van der Waals surface area contributed by atoms with Gasteiger partial charge in [0, 0.05) is 46.1 Å². The number of benzene rings is 1. The third kappa shape index (κ3) is 5.08. The summed E-state index contributed by atoms with van der Waals surface area (Å²) in [5, 5.41) is 4.20. The fourth-order valence-corrected chi connectivity index (χ4v) is 5.47. The highest BCUT2D eigenvalue weighted by Gasteiger charge is 2.28. The van der Waals surface area contributed by atoms with E-state index in [1.807, 2.05) is 24.3 Å². The van der Waals surface area contributed by atoms with Crippen LogP contribution in [0.4, 0.5) is 5.00 Å². The highest BCUT2D eigenvalue weighted by molar-refractivity contribution is 7.99. The van der Waals surface area contributed by atoms with E-state index in [1.165, 1.54) is 11.3 Å². The van der Waals surface area contributed by atoms with Gasteiger partial charge in [-0.2, -0.15) is 0 Å². The van der Waals surface area contributed by atoms with E-state index < -0.39 is 5.91 Å². The number of nitrogens with two attached hydrogens (primary N) is 1. The normalized spacial score (nSPS) is 14.1. The summed E-state index contributed by atoms with van der Waals surface area (Å²) >= 11 is 8.95. The number of hydrogen-bond acceptors (Lipinski definition) is 5. The zero-order chi connectivity index (χ0) is 20.3. The molecule has 150 valence electrons. The molecule has 1 aliphatic heterocycles. The fourth-order valence-electron chi connectivity index (χ4n) is 3.19. The summed E-state index contributed by atoms with van der Waals surface area (Å²) < 4.78 is 0. The number of fused-ring (bicyclic) bond motifs is 1. The first-order chi connectivity index (χ1) is 13.3. The van der Waals surface area contributed by atoms with Gasteiger partial charge < -0.3 is 11.1 Å². The number of thiophene rings is 1. The zero-order valence-corrected chi connectivity index (χ0v) is 18.3. The molecule has 0 fully saturated rings. The second-order valence-electron chi connectivity index (χ2n) is 6.99. The van der Waals surface area contributed by atoms with Gasteiger partial charge in [0.15, 0.2) is 0 Å². The number of nitrogens with zero attached hydrogens (tertiary/aromatic N) is 1. The molecular weight excluding hydrogens is 414 g/mol. The standard InChI is InChI=1S/C20H24ClN3O2S2/c1-12(2)24-9-7-15-16(11-24)28-20(18(15)19(22)26)23-17(25)8-10-27-14-5-3-13(21)4-6-14/h3-6,12H,7-11H2,1-2H3,(H2,22,26)(H,23,25). The molecule has 0 saturated carbocycles. The molecular formula is C20H24ClN3O2S2. The summed E-state index contributed by atoms with van der Waals surface area (Å²) in [5.41, 5.74) is 7.12. The number of hydrogen-bond donors (Lipinski definition) is 2. The van der Waals surface area contributed by atoms with Crippen LogP contribution in [0.2, 0.25) is 5.02 Å². The van der Waals surface area contributed by atoms with Gasteiger partial charge in [-0.15, -0.1) is 23.1 Å². The van der Waals surface area contributed by atoms with Crippen LogP contribution < -0.4 is 11.1 Å². The van der Waals surface area contributed by atoms with E-state index in [9.17, 15) is 9.59 Å². The Morgan fingerprint density at radius 1 is 1.32 bits per heavy atom. The second kappa shape index (κ2) is 9.31. The third-order valence-electron chi connectivity index (χ3n) is 4.73. The van der Waals surface area contributed by atoms with Gasteiger partial charge in [0.1, 0.15) is 5.00 Å². The monoisotopic (exact) mass is 437 g/mol. The third-order valence-corrected chi connectivity index (χ3v) is 7.13. The molecule has 2 amide bonds. The number of rotatable bonds is 7. The van der Waals surface area contributed by atoms with E-state index in [-0.39, 0.29) is 5.91 Å². The number of nitrogens with one attached hydrogen (secondary N) is 1. The Morgan fingerprint density at radius 2 is 2.04 bits per heavy atom. The number of carbonyl (C=O) groups is 2. The van der Waals surface area contributed by atoms with Crippen LogP contribution in [0.3, 0.4) is 0 Å².